The maximum absolute atomic E-state index is 13.6. The molecule has 0 atom stereocenters. The lowest BCUT2D eigenvalue weighted by Gasteiger charge is -2.20. The van der Waals surface area contributed by atoms with E-state index in [1.807, 2.05) is 73.7 Å². The molecule has 5 aromatic rings. The molecule has 31 heavy (non-hydrogen) atoms. The summed E-state index contributed by atoms with van der Waals surface area (Å²) in [5.41, 5.74) is 5.22. The first-order valence-electron chi connectivity index (χ1n) is 9.93. The molecule has 0 aliphatic heterocycles. The van der Waals surface area contributed by atoms with E-state index in [4.69, 9.17) is 9.72 Å². The fourth-order valence-electron chi connectivity index (χ4n) is 3.40. The lowest BCUT2D eigenvalue weighted by Crippen LogP contribution is -2.30. The molecular formula is C24H19N3O2S2. The predicted octanol–water partition coefficient (Wildman–Crippen LogP) is 6.15. The van der Waals surface area contributed by atoms with Crippen molar-refractivity contribution in [2.75, 3.05) is 11.5 Å². The second-order valence-electron chi connectivity index (χ2n) is 6.97. The summed E-state index contributed by atoms with van der Waals surface area (Å²) in [6, 6.07) is 21.5. The third-order valence-corrected chi connectivity index (χ3v) is 6.73. The second kappa shape index (κ2) is 8.45. The van der Waals surface area contributed by atoms with Crippen molar-refractivity contribution in [1.82, 2.24) is 9.97 Å². The van der Waals surface area contributed by atoms with E-state index in [1.165, 1.54) is 22.7 Å². The van der Waals surface area contributed by atoms with E-state index in [1.54, 1.807) is 10.4 Å². The van der Waals surface area contributed by atoms with Crippen molar-refractivity contribution >= 4 is 54.1 Å². The molecule has 5 nitrogen and oxygen atoms in total. The lowest BCUT2D eigenvalue weighted by molar-refractivity contribution is 0.0985. The normalized spacial score (nSPS) is 11.1. The van der Waals surface area contributed by atoms with Gasteiger partial charge in [-0.3, -0.25) is 9.69 Å². The van der Waals surface area contributed by atoms with E-state index in [2.05, 4.69) is 4.98 Å². The molecule has 0 saturated carbocycles. The summed E-state index contributed by atoms with van der Waals surface area (Å²) < 4.78 is 7.61. The summed E-state index contributed by atoms with van der Waals surface area (Å²) in [6.07, 6.45) is 0. The summed E-state index contributed by atoms with van der Waals surface area (Å²) in [5, 5.41) is 0.668. The van der Waals surface area contributed by atoms with Gasteiger partial charge in [0.1, 0.15) is 5.75 Å². The van der Waals surface area contributed by atoms with E-state index in [9.17, 15) is 4.79 Å². The van der Waals surface area contributed by atoms with Crippen molar-refractivity contribution in [2.45, 2.75) is 13.5 Å². The van der Waals surface area contributed by atoms with Crippen LogP contribution in [0.15, 0.2) is 72.2 Å². The molecule has 3 aromatic carbocycles. The van der Waals surface area contributed by atoms with Crippen LogP contribution in [-0.4, -0.2) is 22.5 Å². The Kier molecular flexibility index (Phi) is 5.36. The van der Waals surface area contributed by atoms with Gasteiger partial charge in [0.15, 0.2) is 5.13 Å². The zero-order valence-electron chi connectivity index (χ0n) is 16.8. The molecule has 0 radical (unpaired) electrons. The Labute approximate surface area is 187 Å². The maximum Gasteiger partial charge on any atom is 0.260 e. The van der Waals surface area contributed by atoms with Crippen molar-refractivity contribution in [1.29, 1.82) is 0 Å². The van der Waals surface area contributed by atoms with Crippen LogP contribution in [0.3, 0.4) is 0 Å². The number of amides is 1. The molecular weight excluding hydrogens is 426 g/mol. The molecule has 0 spiro atoms. The third-order valence-electron chi connectivity index (χ3n) is 4.90. The topological polar surface area (TPSA) is 55.3 Å². The van der Waals surface area contributed by atoms with Gasteiger partial charge in [-0.15, -0.1) is 11.3 Å². The van der Waals surface area contributed by atoms with Gasteiger partial charge in [0.2, 0.25) is 0 Å². The number of anilines is 1. The van der Waals surface area contributed by atoms with Crippen molar-refractivity contribution < 1.29 is 9.53 Å². The van der Waals surface area contributed by atoms with Crippen molar-refractivity contribution in [3.63, 3.8) is 0 Å². The summed E-state index contributed by atoms with van der Waals surface area (Å²) in [6.45, 7) is 3.01. The first kappa shape index (κ1) is 19.7. The Bertz CT molecular complexity index is 1360. The molecule has 0 bridgehead atoms. The number of thiazole rings is 2. The van der Waals surface area contributed by atoms with E-state index < -0.39 is 0 Å². The van der Waals surface area contributed by atoms with Gasteiger partial charge >= 0.3 is 0 Å². The fourth-order valence-corrected chi connectivity index (χ4v) is 5.11. The van der Waals surface area contributed by atoms with E-state index >= 15 is 0 Å². The largest absolute Gasteiger partial charge is 0.494 e. The van der Waals surface area contributed by atoms with E-state index in [0.717, 1.165) is 31.7 Å². The number of hydrogen-bond donors (Lipinski definition) is 0. The fraction of sp³-hybridized carbons (Fsp3) is 0.125. The van der Waals surface area contributed by atoms with E-state index in [-0.39, 0.29) is 5.91 Å². The molecule has 2 heterocycles. The Morgan fingerprint density at radius 2 is 1.84 bits per heavy atom. The van der Waals surface area contributed by atoms with Crippen LogP contribution in [0.2, 0.25) is 0 Å². The van der Waals surface area contributed by atoms with Gasteiger partial charge in [-0.25, -0.2) is 9.97 Å². The standard InChI is InChI=1S/C24H19N3O2S2/c1-2-29-18-9-11-20-22(13-18)31-24(26-20)27(14-16-6-4-3-5-7-16)23(28)17-8-10-19-21(12-17)30-15-25-19/h3-13,15H,2,14H2,1H3. The lowest BCUT2D eigenvalue weighted by atomic mass is 10.1. The third kappa shape index (κ3) is 4.02. The van der Waals surface area contributed by atoms with Gasteiger partial charge < -0.3 is 4.74 Å². The van der Waals surface area contributed by atoms with Crippen LogP contribution >= 0.6 is 22.7 Å². The Balaban J connectivity index is 1.56. The predicted molar refractivity (Wildman–Crippen MR) is 127 cm³/mol. The Hall–Kier alpha value is -3.29. The zero-order valence-corrected chi connectivity index (χ0v) is 18.5. The summed E-state index contributed by atoms with van der Waals surface area (Å²) >= 11 is 3.03. The van der Waals surface area contributed by atoms with Crippen LogP contribution < -0.4 is 9.64 Å². The van der Waals surface area contributed by atoms with Crippen molar-refractivity contribution in [2.24, 2.45) is 0 Å². The van der Waals surface area contributed by atoms with E-state index in [0.29, 0.717) is 23.8 Å². The van der Waals surface area contributed by atoms with Gasteiger partial charge in [-0.05, 0) is 48.9 Å². The number of fused-ring (bicyclic) bond motifs is 2. The van der Waals surface area contributed by atoms with Crippen LogP contribution in [0.5, 0.6) is 5.75 Å². The molecule has 2 aromatic heterocycles. The highest BCUT2D eigenvalue weighted by atomic mass is 32.1. The zero-order chi connectivity index (χ0) is 21.2. The molecule has 0 saturated heterocycles. The Morgan fingerprint density at radius 3 is 2.68 bits per heavy atom. The van der Waals surface area contributed by atoms with Crippen LogP contribution in [0, 0.1) is 0 Å². The number of carbonyl (C=O) groups excluding carboxylic acids is 1. The first-order valence-corrected chi connectivity index (χ1v) is 11.6. The SMILES string of the molecule is CCOc1ccc2nc(N(Cc3ccccc3)C(=O)c3ccc4ncsc4c3)sc2c1. The molecule has 0 aliphatic carbocycles. The number of nitrogens with zero attached hydrogens (tertiary/aromatic N) is 3. The van der Waals surface area contributed by atoms with Crippen LogP contribution in [-0.2, 0) is 6.54 Å². The average molecular weight is 446 g/mol. The number of ether oxygens (including phenoxy) is 1. The molecule has 0 unspecified atom stereocenters. The molecule has 0 aliphatic rings. The summed E-state index contributed by atoms with van der Waals surface area (Å²) in [4.78, 5) is 24.4. The molecule has 154 valence electrons. The molecule has 0 fully saturated rings. The molecule has 7 heteroatoms. The van der Waals surface area contributed by atoms with Crippen LogP contribution in [0.4, 0.5) is 5.13 Å². The van der Waals surface area contributed by atoms with Gasteiger partial charge in [0, 0.05) is 5.56 Å². The molecule has 0 N–H and O–H groups in total. The highest BCUT2D eigenvalue weighted by Gasteiger charge is 2.22. The minimum atomic E-state index is -0.0803. The van der Waals surface area contributed by atoms with Crippen LogP contribution in [0.1, 0.15) is 22.8 Å². The quantitative estimate of drug-likeness (QED) is 0.314. The monoisotopic (exact) mass is 445 g/mol. The number of carbonyl (C=O) groups is 1. The van der Waals surface area contributed by atoms with Crippen molar-refractivity contribution in [3.8, 4) is 5.75 Å². The number of hydrogen-bond acceptors (Lipinski definition) is 6. The highest BCUT2D eigenvalue weighted by Crippen LogP contribution is 2.33. The summed E-state index contributed by atoms with van der Waals surface area (Å²) in [5.74, 6) is 0.727. The number of aromatic nitrogens is 2. The molecule has 5 rings (SSSR count). The second-order valence-corrected chi connectivity index (χ2v) is 8.87. The van der Waals surface area contributed by atoms with Gasteiger partial charge in [-0.2, -0.15) is 0 Å². The van der Waals surface area contributed by atoms with Gasteiger partial charge in [0.05, 0.1) is 39.1 Å². The first-order chi connectivity index (χ1) is 15.2. The number of rotatable bonds is 6. The minimum absolute atomic E-state index is 0.0803. The maximum atomic E-state index is 13.6. The summed E-state index contributed by atoms with van der Waals surface area (Å²) in [7, 11) is 0. The smallest absolute Gasteiger partial charge is 0.260 e. The van der Waals surface area contributed by atoms with Crippen LogP contribution in [0.25, 0.3) is 20.4 Å². The highest BCUT2D eigenvalue weighted by molar-refractivity contribution is 7.22. The Morgan fingerprint density at radius 1 is 1.00 bits per heavy atom. The van der Waals surface area contributed by atoms with Crippen molar-refractivity contribution in [3.05, 3.63) is 83.4 Å². The van der Waals surface area contributed by atoms with Gasteiger partial charge in [-0.1, -0.05) is 41.7 Å². The molecule has 1 amide bonds. The average Bonchev–Trinajstić information content (AvgIpc) is 3.44. The van der Waals surface area contributed by atoms with Gasteiger partial charge in [0.25, 0.3) is 5.91 Å². The minimum Gasteiger partial charge on any atom is -0.494 e. The number of benzene rings is 3.